The van der Waals surface area contributed by atoms with Crippen LogP contribution in [0.1, 0.15) is 6.92 Å². The third-order valence-electron chi connectivity index (χ3n) is 0.224. The molecule has 1 atom stereocenters. The van der Waals surface area contributed by atoms with Crippen molar-refractivity contribution >= 4 is 26.8 Å². The van der Waals surface area contributed by atoms with Crippen LogP contribution in [0.15, 0.2) is 0 Å². The van der Waals surface area contributed by atoms with Crippen LogP contribution in [0.3, 0.4) is 0 Å². The number of hydrogen-bond acceptors (Lipinski definition) is 2. The van der Waals surface area contributed by atoms with Gasteiger partial charge < -0.3 is 0 Å². The van der Waals surface area contributed by atoms with Crippen molar-refractivity contribution in [2.75, 3.05) is 0 Å². The van der Waals surface area contributed by atoms with Crippen LogP contribution in [-0.2, 0) is 15.0 Å². The van der Waals surface area contributed by atoms with Crippen molar-refractivity contribution in [1.29, 1.82) is 0 Å². The summed E-state index contributed by atoms with van der Waals surface area (Å²) in [6.07, 6.45) is 0. The van der Waals surface area contributed by atoms with Gasteiger partial charge in [0.25, 0.3) is 0 Å². The fourth-order valence-electron chi connectivity index (χ4n) is 0.113. The van der Waals surface area contributed by atoms with Crippen molar-refractivity contribution in [3.05, 3.63) is 0 Å². The van der Waals surface area contributed by atoms with Gasteiger partial charge in [0.2, 0.25) is 16.1 Å². The maximum absolute atomic E-state index is 9.87. The molecule has 0 aromatic rings. The van der Waals surface area contributed by atoms with Crippen LogP contribution in [0.25, 0.3) is 0 Å². The van der Waals surface area contributed by atoms with Gasteiger partial charge in [-0.3, -0.25) is 9.52 Å². The molecule has 0 spiro atoms. The highest BCUT2D eigenvalue weighted by Crippen LogP contribution is 1.77. The van der Waals surface area contributed by atoms with Gasteiger partial charge in [-0.25, -0.2) is 4.21 Å². The fourth-order valence-corrected chi connectivity index (χ4v) is 0.665. The molecule has 0 saturated heterocycles. The summed E-state index contributed by atoms with van der Waals surface area (Å²) in [5, 5.41) is 0. The number of rotatable bonds is 1. The van der Waals surface area contributed by atoms with Gasteiger partial charge in [-0.15, -0.1) is 0 Å². The predicted octanol–water partition coefficient (Wildman–Crippen LogP) is -0.0600. The van der Waals surface area contributed by atoms with Crippen LogP contribution in [0.5, 0.6) is 0 Å². The molecular formula is C2H4ClNO2S. The molecule has 7 heavy (non-hydrogen) atoms. The molecule has 1 unspecified atom stereocenters. The number of amides is 1. The Hall–Kier alpha value is -0.0900. The lowest BCUT2D eigenvalue weighted by Gasteiger charge is -1.86. The summed E-state index contributed by atoms with van der Waals surface area (Å²) in [5.41, 5.74) is 0. The molecule has 0 fully saturated rings. The molecule has 0 radical (unpaired) electrons. The van der Waals surface area contributed by atoms with Crippen molar-refractivity contribution in [3.63, 3.8) is 0 Å². The number of halogens is 1. The van der Waals surface area contributed by atoms with E-state index in [0.717, 1.165) is 0 Å². The van der Waals surface area contributed by atoms with Crippen molar-refractivity contribution in [2.45, 2.75) is 6.92 Å². The number of hydrogen-bond donors (Lipinski definition) is 1. The molecule has 0 saturated carbocycles. The Bertz CT molecular complexity index is 91.9. The first kappa shape index (κ1) is 6.91. The van der Waals surface area contributed by atoms with Gasteiger partial charge in [0.15, 0.2) is 0 Å². The zero-order valence-electron chi connectivity index (χ0n) is 3.60. The molecule has 0 bridgehead atoms. The van der Waals surface area contributed by atoms with Crippen LogP contribution in [0.2, 0.25) is 0 Å². The minimum absolute atomic E-state index is 0.395. The van der Waals surface area contributed by atoms with Gasteiger partial charge in [0.1, 0.15) is 0 Å². The van der Waals surface area contributed by atoms with Gasteiger partial charge in [-0.1, -0.05) is 0 Å². The van der Waals surface area contributed by atoms with Gasteiger partial charge in [-0.2, -0.15) is 0 Å². The highest BCUT2D eigenvalue weighted by atomic mass is 35.7. The molecule has 0 aromatic heterocycles. The molecule has 3 nitrogen and oxygen atoms in total. The van der Waals surface area contributed by atoms with E-state index in [0.29, 0.717) is 0 Å². The second-order valence-corrected chi connectivity index (χ2v) is 2.37. The van der Waals surface area contributed by atoms with Crippen LogP contribution in [-0.4, -0.2) is 10.1 Å². The normalized spacial score (nSPS) is 12.9. The molecule has 0 aliphatic carbocycles. The Morgan fingerprint density at radius 1 is 1.86 bits per heavy atom. The molecule has 0 aromatic carbocycles. The summed E-state index contributed by atoms with van der Waals surface area (Å²) in [6.45, 7) is 1.24. The molecule has 0 heterocycles. The monoisotopic (exact) mass is 141 g/mol. The smallest absolute Gasteiger partial charge is 0.229 e. The van der Waals surface area contributed by atoms with Crippen LogP contribution >= 0.6 is 10.7 Å². The molecule has 1 N–H and O–H groups in total. The lowest BCUT2D eigenvalue weighted by Crippen LogP contribution is -2.17. The third kappa shape index (κ3) is 5.91. The highest BCUT2D eigenvalue weighted by Gasteiger charge is 1.91. The topological polar surface area (TPSA) is 46.2 Å². The first-order valence-corrected chi connectivity index (χ1v) is 3.46. The van der Waals surface area contributed by atoms with Gasteiger partial charge >= 0.3 is 0 Å². The summed E-state index contributed by atoms with van der Waals surface area (Å²) in [7, 11) is 3.09. The first-order valence-electron chi connectivity index (χ1n) is 1.48. The second-order valence-electron chi connectivity index (χ2n) is 0.882. The maximum Gasteiger partial charge on any atom is 0.229 e. The first-order chi connectivity index (χ1) is 3.13. The minimum Gasteiger partial charge on any atom is -0.274 e. The zero-order chi connectivity index (χ0) is 5.86. The Balaban J connectivity index is 3.32. The molecule has 5 heteroatoms. The summed E-state index contributed by atoms with van der Waals surface area (Å²) in [5.74, 6) is -0.395. The van der Waals surface area contributed by atoms with Crippen molar-refractivity contribution in [1.82, 2.24) is 4.72 Å². The van der Waals surface area contributed by atoms with Gasteiger partial charge in [0, 0.05) is 17.6 Å². The number of carbonyl (C=O) groups excluding carboxylic acids is 1. The SMILES string of the molecule is CC(=O)NS(=O)Cl. The quantitative estimate of drug-likeness (QED) is 0.520. The molecule has 1 amide bonds. The highest BCUT2D eigenvalue weighted by molar-refractivity contribution is 8.07. The number of nitrogens with one attached hydrogen (secondary N) is 1. The van der Waals surface area contributed by atoms with E-state index in [2.05, 4.69) is 0 Å². The van der Waals surface area contributed by atoms with E-state index in [4.69, 9.17) is 10.7 Å². The Labute approximate surface area is 48.1 Å². The summed E-state index contributed by atoms with van der Waals surface area (Å²) in [4.78, 5) is 9.87. The van der Waals surface area contributed by atoms with E-state index in [1.165, 1.54) is 6.92 Å². The fraction of sp³-hybridized carbons (Fsp3) is 0.500. The van der Waals surface area contributed by atoms with E-state index in [-0.39, 0.29) is 0 Å². The lowest BCUT2D eigenvalue weighted by atomic mass is 10.8. The lowest BCUT2D eigenvalue weighted by molar-refractivity contribution is -0.117. The minimum atomic E-state index is -1.72. The zero-order valence-corrected chi connectivity index (χ0v) is 5.18. The van der Waals surface area contributed by atoms with Crippen LogP contribution < -0.4 is 4.72 Å². The Morgan fingerprint density at radius 3 is 2.29 bits per heavy atom. The third-order valence-corrected chi connectivity index (χ3v) is 0.903. The Morgan fingerprint density at radius 2 is 2.29 bits per heavy atom. The van der Waals surface area contributed by atoms with Crippen LogP contribution in [0.4, 0.5) is 0 Å². The van der Waals surface area contributed by atoms with Crippen molar-refractivity contribution in [3.8, 4) is 0 Å². The van der Waals surface area contributed by atoms with Crippen molar-refractivity contribution in [2.24, 2.45) is 0 Å². The second kappa shape index (κ2) is 2.98. The van der Waals surface area contributed by atoms with E-state index in [9.17, 15) is 9.00 Å². The summed E-state index contributed by atoms with van der Waals surface area (Å²) in [6, 6.07) is 0. The molecular weight excluding hydrogens is 138 g/mol. The molecule has 0 rings (SSSR count). The largest absolute Gasteiger partial charge is 0.274 e. The Kier molecular flexibility index (Phi) is 2.95. The van der Waals surface area contributed by atoms with E-state index in [1.807, 2.05) is 4.72 Å². The number of carbonyl (C=O) groups is 1. The van der Waals surface area contributed by atoms with E-state index < -0.39 is 16.1 Å². The molecule has 42 valence electrons. The molecule has 0 aliphatic heterocycles. The maximum atomic E-state index is 9.87. The average Bonchev–Trinajstić information content (AvgIpc) is 1.27. The van der Waals surface area contributed by atoms with E-state index >= 15 is 0 Å². The van der Waals surface area contributed by atoms with E-state index in [1.54, 1.807) is 0 Å². The van der Waals surface area contributed by atoms with Crippen molar-refractivity contribution < 1.29 is 9.00 Å². The predicted molar refractivity (Wildman–Crippen MR) is 27.8 cm³/mol. The standard InChI is InChI=1S/C2H4ClNO2S/c1-2(5)4-7(3)6/h1H3,(H,4,5). The average molecular weight is 142 g/mol. The summed E-state index contributed by atoms with van der Waals surface area (Å²) >= 11 is 0. The van der Waals surface area contributed by atoms with Gasteiger partial charge in [0.05, 0.1) is 0 Å². The molecule has 0 aliphatic rings. The van der Waals surface area contributed by atoms with Crippen LogP contribution in [0, 0.1) is 0 Å². The summed E-state index contributed by atoms with van der Waals surface area (Å²) < 4.78 is 11.7. The van der Waals surface area contributed by atoms with Gasteiger partial charge in [-0.05, 0) is 0 Å².